The standard InChI is InChI=1S/C16H28O2Si2/c1-7-11-15-20(17-19(5,6)18-20)16(12-8-2,13-9-3)14-10-4/h7-10H,1-4,11-15H2,5-6H3. The van der Waals surface area contributed by atoms with Crippen LogP contribution in [0.2, 0.25) is 24.2 Å². The Morgan fingerprint density at radius 2 is 1.30 bits per heavy atom. The molecule has 1 aliphatic rings. The van der Waals surface area contributed by atoms with Gasteiger partial charge in [0.2, 0.25) is 0 Å². The first-order valence-electron chi connectivity index (χ1n) is 7.25. The molecule has 1 fully saturated rings. The van der Waals surface area contributed by atoms with E-state index in [2.05, 4.69) is 39.4 Å². The van der Waals surface area contributed by atoms with Crippen LogP contribution in [0.5, 0.6) is 0 Å². The summed E-state index contributed by atoms with van der Waals surface area (Å²) in [6.07, 6.45) is 11.5. The van der Waals surface area contributed by atoms with E-state index in [9.17, 15) is 0 Å². The Labute approximate surface area is 126 Å². The predicted molar refractivity (Wildman–Crippen MR) is 92.2 cm³/mol. The predicted octanol–water partition coefficient (Wildman–Crippen LogP) is 5.22. The van der Waals surface area contributed by atoms with Crippen LogP contribution in [0.1, 0.15) is 25.7 Å². The van der Waals surface area contributed by atoms with Gasteiger partial charge in [-0.15, -0.1) is 26.3 Å². The van der Waals surface area contributed by atoms with Crippen molar-refractivity contribution in [1.82, 2.24) is 0 Å². The fraction of sp³-hybridized carbons (Fsp3) is 0.500. The van der Waals surface area contributed by atoms with Crippen LogP contribution in [0.15, 0.2) is 50.6 Å². The Morgan fingerprint density at radius 3 is 1.60 bits per heavy atom. The molecular weight excluding hydrogens is 280 g/mol. The second-order valence-corrected chi connectivity index (χ2v) is 13.4. The summed E-state index contributed by atoms with van der Waals surface area (Å²) >= 11 is 0. The maximum absolute atomic E-state index is 6.50. The van der Waals surface area contributed by atoms with Crippen LogP contribution in [-0.4, -0.2) is 17.1 Å². The highest BCUT2D eigenvalue weighted by atomic mass is 28.5. The average Bonchev–Trinajstić information content (AvgIpc) is 2.34. The van der Waals surface area contributed by atoms with Crippen LogP contribution < -0.4 is 0 Å². The average molecular weight is 309 g/mol. The summed E-state index contributed by atoms with van der Waals surface area (Å²) in [4.78, 5) is 0. The molecule has 1 saturated heterocycles. The molecule has 0 aromatic heterocycles. The van der Waals surface area contributed by atoms with Crippen molar-refractivity contribution in [1.29, 1.82) is 0 Å². The SMILES string of the molecule is C=CCC[Si]1(C(CC=C)(CC=C)CC=C)O[Si](C)(C)O1. The van der Waals surface area contributed by atoms with Gasteiger partial charge in [0, 0.05) is 5.04 Å². The Balaban J connectivity index is 3.14. The minimum atomic E-state index is -2.27. The van der Waals surface area contributed by atoms with Crippen molar-refractivity contribution in [2.45, 2.75) is 49.9 Å². The first kappa shape index (κ1) is 17.4. The molecule has 0 aliphatic carbocycles. The quantitative estimate of drug-likeness (QED) is 0.407. The molecule has 0 spiro atoms. The van der Waals surface area contributed by atoms with E-state index in [1.54, 1.807) is 0 Å². The number of hydrogen-bond acceptors (Lipinski definition) is 2. The van der Waals surface area contributed by atoms with Gasteiger partial charge in [-0.1, -0.05) is 24.3 Å². The maximum Gasteiger partial charge on any atom is 0.328 e. The van der Waals surface area contributed by atoms with Gasteiger partial charge in [-0.2, -0.15) is 0 Å². The van der Waals surface area contributed by atoms with Gasteiger partial charge in [-0.3, -0.25) is 0 Å². The number of hydrogen-bond donors (Lipinski definition) is 0. The number of rotatable bonds is 10. The van der Waals surface area contributed by atoms with Crippen molar-refractivity contribution in [3.8, 4) is 0 Å². The number of allylic oxidation sites excluding steroid dienone is 4. The second-order valence-electron chi connectivity index (χ2n) is 5.94. The molecule has 0 saturated carbocycles. The van der Waals surface area contributed by atoms with E-state index in [0.717, 1.165) is 31.7 Å². The summed E-state index contributed by atoms with van der Waals surface area (Å²) in [6, 6.07) is 0.961. The summed E-state index contributed by atoms with van der Waals surface area (Å²) < 4.78 is 13.0. The van der Waals surface area contributed by atoms with Crippen LogP contribution in [0.3, 0.4) is 0 Å². The maximum atomic E-state index is 6.50. The van der Waals surface area contributed by atoms with Crippen LogP contribution in [-0.2, 0) is 8.23 Å². The van der Waals surface area contributed by atoms with Crippen molar-refractivity contribution >= 4 is 17.1 Å². The lowest BCUT2D eigenvalue weighted by molar-refractivity contribution is 0.180. The molecule has 0 radical (unpaired) electrons. The highest BCUT2D eigenvalue weighted by Crippen LogP contribution is 2.57. The Kier molecular flexibility index (Phi) is 5.95. The zero-order chi connectivity index (χ0) is 15.3. The van der Waals surface area contributed by atoms with E-state index < -0.39 is 17.1 Å². The minimum absolute atomic E-state index is 0.0240. The summed E-state index contributed by atoms with van der Waals surface area (Å²) in [6.45, 7) is 19.9. The molecule has 0 unspecified atom stereocenters. The van der Waals surface area contributed by atoms with Gasteiger partial charge < -0.3 is 8.23 Å². The third kappa shape index (κ3) is 3.31. The Hall–Kier alpha value is -0.686. The first-order chi connectivity index (χ1) is 9.41. The lowest BCUT2D eigenvalue weighted by Crippen LogP contribution is -2.72. The smallest absolute Gasteiger partial charge is 0.328 e. The Bertz CT molecular complexity index is 353. The summed E-state index contributed by atoms with van der Waals surface area (Å²) in [5, 5.41) is -0.0240. The highest BCUT2D eigenvalue weighted by Gasteiger charge is 2.66. The molecular formula is C16H28O2Si2. The van der Waals surface area contributed by atoms with E-state index in [4.69, 9.17) is 8.23 Å². The van der Waals surface area contributed by atoms with Crippen LogP contribution >= 0.6 is 0 Å². The van der Waals surface area contributed by atoms with Crippen molar-refractivity contribution in [2.75, 3.05) is 0 Å². The normalized spacial score (nSPS) is 19.7. The highest BCUT2D eigenvalue weighted by molar-refractivity contribution is 6.94. The molecule has 0 amide bonds. The minimum Gasteiger partial charge on any atom is -0.415 e. The first-order valence-corrected chi connectivity index (χ1v) is 12.1. The Morgan fingerprint density at radius 1 is 0.850 bits per heavy atom. The molecule has 0 aromatic carbocycles. The second kappa shape index (κ2) is 6.85. The third-order valence-electron chi connectivity index (χ3n) is 3.91. The molecule has 1 rings (SSSR count). The summed E-state index contributed by atoms with van der Waals surface area (Å²) in [7, 11) is -4.17. The van der Waals surface area contributed by atoms with E-state index in [1.807, 2.05) is 24.3 Å². The lowest BCUT2D eigenvalue weighted by atomic mass is 9.96. The van der Waals surface area contributed by atoms with Crippen LogP contribution in [0.25, 0.3) is 0 Å². The summed E-state index contributed by atoms with van der Waals surface area (Å²) in [5.41, 5.74) is 0. The topological polar surface area (TPSA) is 18.5 Å². The van der Waals surface area contributed by atoms with E-state index >= 15 is 0 Å². The van der Waals surface area contributed by atoms with Crippen molar-refractivity contribution in [2.24, 2.45) is 0 Å². The molecule has 20 heavy (non-hydrogen) atoms. The van der Waals surface area contributed by atoms with Crippen molar-refractivity contribution < 1.29 is 8.23 Å². The molecule has 4 heteroatoms. The van der Waals surface area contributed by atoms with Crippen molar-refractivity contribution in [3.63, 3.8) is 0 Å². The van der Waals surface area contributed by atoms with E-state index in [0.29, 0.717) is 0 Å². The molecule has 1 aliphatic heterocycles. The molecule has 0 aromatic rings. The van der Waals surface area contributed by atoms with Crippen LogP contribution in [0, 0.1) is 0 Å². The summed E-state index contributed by atoms with van der Waals surface area (Å²) in [5.74, 6) is 0. The fourth-order valence-electron chi connectivity index (χ4n) is 3.22. The molecule has 1 heterocycles. The van der Waals surface area contributed by atoms with Gasteiger partial charge in [0.05, 0.1) is 0 Å². The van der Waals surface area contributed by atoms with Crippen molar-refractivity contribution in [3.05, 3.63) is 50.6 Å². The fourth-order valence-corrected chi connectivity index (χ4v) is 14.7. The van der Waals surface area contributed by atoms with E-state index in [-0.39, 0.29) is 5.04 Å². The zero-order valence-corrected chi connectivity index (χ0v) is 15.0. The molecule has 0 bridgehead atoms. The molecule has 112 valence electrons. The largest absolute Gasteiger partial charge is 0.415 e. The van der Waals surface area contributed by atoms with E-state index in [1.165, 1.54) is 0 Å². The van der Waals surface area contributed by atoms with Gasteiger partial charge in [0.25, 0.3) is 0 Å². The van der Waals surface area contributed by atoms with Crippen LogP contribution in [0.4, 0.5) is 0 Å². The third-order valence-corrected chi connectivity index (χ3v) is 13.7. The zero-order valence-electron chi connectivity index (χ0n) is 13.0. The monoisotopic (exact) mass is 308 g/mol. The van der Waals surface area contributed by atoms with Gasteiger partial charge in [0.15, 0.2) is 0 Å². The molecule has 0 N–H and O–H groups in total. The molecule has 2 nitrogen and oxygen atoms in total. The van der Waals surface area contributed by atoms with Gasteiger partial charge >= 0.3 is 17.1 Å². The molecule has 0 atom stereocenters. The lowest BCUT2D eigenvalue weighted by Gasteiger charge is -2.59. The van der Waals surface area contributed by atoms with Gasteiger partial charge in [-0.25, -0.2) is 0 Å². The van der Waals surface area contributed by atoms with Gasteiger partial charge in [-0.05, 0) is 44.8 Å². The van der Waals surface area contributed by atoms with Gasteiger partial charge in [0.1, 0.15) is 0 Å².